The van der Waals surface area contributed by atoms with Crippen LogP contribution in [0.3, 0.4) is 0 Å². The van der Waals surface area contributed by atoms with Gasteiger partial charge in [-0.05, 0) is 38.0 Å². The van der Waals surface area contributed by atoms with E-state index in [1.54, 1.807) is 6.92 Å². The summed E-state index contributed by atoms with van der Waals surface area (Å²) in [7, 11) is 0. The molecule has 3 saturated carbocycles. The molecule has 3 aliphatic rings. The van der Waals surface area contributed by atoms with E-state index in [-0.39, 0.29) is 11.8 Å². The zero-order chi connectivity index (χ0) is 10.3. The van der Waals surface area contributed by atoms with Crippen LogP contribution in [0, 0.1) is 23.7 Å². The highest BCUT2D eigenvalue weighted by atomic mass is 16.1. The summed E-state index contributed by atoms with van der Waals surface area (Å²) in [6, 6.07) is 0. The largest absolute Gasteiger partial charge is 0.300 e. The second-order valence-electron chi connectivity index (χ2n) is 5.04. The van der Waals surface area contributed by atoms with Crippen LogP contribution in [-0.4, -0.2) is 11.6 Å². The molecule has 3 aliphatic carbocycles. The standard InChI is InChI=1S/C12H18O2/c1-7-3-4-9-5-12(14)10(7)6-11(9)8(2)13/h7,9-11H,3-6H2,1-2H3. The minimum atomic E-state index is 0.183. The van der Waals surface area contributed by atoms with Crippen molar-refractivity contribution in [2.24, 2.45) is 23.7 Å². The Morgan fingerprint density at radius 3 is 2.71 bits per heavy atom. The van der Waals surface area contributed by atoms with Crippen LogP contribution < -0.4 is 0 Å². The van der Waals surface area contributed by atoms with Gasteiger partial charge in [0.25, 0.3) is 0 Å². The number of rotatable bonds is 1. The van der Waals surface area contributed by atoms with Crippen molar-refractivity contribution in [2.45, 2.75) is 39.5 Å². The van der Waals surface area contributed by atoms with Gasteiger partial charge < -0.3 is 0 Å². The lowest BCUT2D eigenvalue weighted by Crippen LogP contribution is -2.34. The quantitative estimate of drug-likeness (QED) is 0.641. The zero-order valence-electron chi connectivity index (χ0n) is 8.95. The first-order chi connectivity index (χ1) is 6.59. The van der Waals surface area contributed by atoms with E-state index in [4.69, 9.17) is 0 Å². The summed E-state index contributed by atoms with van der Waals surface area (Å²) in [6.07, 6.45) is 3.71. The maximum absolute atomic E-state index is 11.7. The van der Waals surface area contributed by atoms with Crippen LogP contribution in [0.4, 0.5) is 0 Å². The van der Waals surface area contributed by atoms with Gasteiger partial charge in [-0.2, -0.15) is 0 Å². The summed E-state index contributed by atoms with van der Waals surface area (Å²) >= 11 is 0. The number of hydrogen-bond donors (Lipinski definition) is 0. The predicted octanol–water partition coefficient (Wildman–Crippen LogP) is 2.22. The van der Waals surface area contributed by atoms with Gasteiger partial charge in [0.15, 0.2) is 0 Å². The van der Waals surface area contributed by atoms with E-state index in [1.807, 2.05) is 0 Å². The van der Waals surface area contributed by atoms with E-state index in [0.717, 1.165) is 19.3 Å². The molecule has 4 atom stereocenters. The van der Waals surface area contributed by atoms with Gasteiger partial charge in [0.1, 0.15) is 11.6 Å². The number of fused-ring (bicyclic) bond motifs is 4. The average Bonchev–Trinajstić information content (AvgIpc) is 2.34. The molecule has 0 heterocycles. The minimum Gasteiger partial charge on any atom is -0.300 e. The van der Waals surface area contributed by atoms with E-state index in [2.05, 4.69) is 6.92 Å². The van der Waals surface area contributed by atoms with Crippen molar-refractivity contribution in [2.75, 3.05) is 0 Å². The fourth-order valence-electron chi connectivity index (χ4n) is 3.18. The highest BCUT2D eigenvalue weighted by Crippen LogP contribution is 2.43. The Kier molecular flexibility index (Phi) is 2.46. The van der Waals surface area contributed by atoms with E-state index in [1.165, 1.54) is 0 Å². The molecule has 0 radical (unpaired) electrons. The van der Waals surface area contributed by atoms with Crippen LogP contribution in [0.1, 0.15) is 39.5 Å². The van der Waals surface area contributed by atoms with Gasteiger partial charge in [-0.3, -0.25) is 9.59 Å². The second kappa shape index (κ2) is 3.48. The Labute approximate surface area is 85.1 Å². The van der Waals surface area contributed by atoms with Gasteiger partial charge in [0.2, 0.25) is 0 Å². The molecule has 0 saturated heterocycles. The van der Waals surface area contributed by atoms with Crippen LogP contribution in [0.15, 0.2) is 0 Å². The predicted molar refractivity (Wildman–Crippen MR) is 53.8 cm³/mol. The lowest BCUT2D eigenvalue weighted by molar-refractivity contribution is -0.132. The molecular weight excluding hydrogens is 176 g/mol. The van der Waals surface area contributed by atoms with Gasteiger partial charge in [0.05, 0.1) is 0 Å². The molecule has 4 unspecified atom stereocenters. The molecule has 2 heteroatoms. The molecular formula is C12H18O2. The summed E-state index contributed by atoms with van der Waals surface area (Å²) in [6.45, 7) is 3.84. The van der Waals surface area contributed by atoms with Gasteiger partial charge in [-0.1, -0.05) is 6.92 Å². The van der Waals surface area contributed by atoms with Crippen molar-refractivity contribution < 1.29 is 9.59 Å². The van der Waals surface area contributed by atoms with Crippen molar-refractivity contribution in [3.05, 3.63) is 0 Å². The summed E-state index contributed by atoms with van der Waals surface area (Å²) in [5.41, 5.74) is 0. The molecule has 2 nitrogen and oxygen atoms in total. The minimum absolute atomic E-state index is 0.183. The molecule has 0 aliphatic heterocycles. The Hall–Kier alpha value is -0.660. The normalized spacial score (nSPS) is 42.3. The van der Waals surface area contributed by atoms with Gasteiger partial charge >= 0.3 is 0 Å². The molecule has 0 aromatic rings. The maximum Gasteiger partial charge on any atom is 0.136 e. The van der Waals surface area contributed by atoms with Gasteiger partial charge in [-0.15, -0.1) is 0 Å². The smallest absolute Gasteiger partial charge is 0.136 e. The number of hydrogen-bond acceptors (Lipinski definition) is 2. The Bertz CT molecular complexity index is 269. The average molecular weight is 194 g/mol. The van der Waals surface area contributed by atoms with Gasteiger partial charge in [-0.25, -0.2) is 0 Å². The Morgan fingerprint density at radius 1 is 1.36 bits per heavy atom. The number of ketones is 2. The van der Waals surface area contributed by atoms with E-state index in [9.17, 15) is 9.59 Å². The second-order valence-corrected chi connectivity index (χ2v) is 5.04. The molecule has 0 amide bonds. The zero-order valence-corrected chi connectivity index (χ0v) is 8.95. The first kappa shape index (κ1) is 9.88. The lowest BCUT2D eigenvalue weighted by Gasteiger charge is -2.30. The molecule has 0 spiro atoms. The molecule has 0 aromatic heterocycles. The SMILES string of the molecule is CC(=O)C1CC2C(=O)CC1CCC2C. The lowest BCUT2D eigenvalue weighted by atomic mass is 9.72. The molecule has 14 heavy (non-hydrogen) atoms. The maximum atomic E-state index is 11.7. The van der Waals surface area contributed by atoms with Crippen LogP contribution in [0.25, 0.3) is 0 Å². The number of carbonyl (C=O) groups excluding carboxylic acids is 2. The first-order valence-electron chi connectivity index (χ1n) is 5.62. The summed E-state index contributed by atoms with van der Waals surface area (Å²) in [5.74, 6) is 1.93. The Morgan fingerprint density at radius 2 is 2.07 bits per heavy atom. The topological polar surface area (TPSA) is 34.1 Å². The summed E-state index contributed by atoms with van der Waals surface area (Å²) in [5, 5.41) is 0. The number of carbonyl (C=O) groups is 2. The monoisotopic (exact) mass is 194 g/mol. The van der Waals surface area contributed by atoms with E-state index < -0.39 is 0 Å². The van der Waals surface area contributed by atoms with E-state index >= 15 is 0 Å². The number of Topliss-reactive ketones (excluding diaryl/α,β-unsaturated/α-hetero) is 2. The summed E-state index contributed by atoms with van der Waals surface area (Å²) in [4.78, 5) is 23.2. The molecule has 0 N–H and O–H groups in total. The molecule has 2 bridgehead atoms. The van der Waals surface area contributed by atoms with Crippen LogP contribution in [-0.2, 0) is 9.59 Å². The van der Waals surface area contributed by atoms with Crippen LogP contribution in [0.2, 0.25) is 0 Å². The first-order valence-corrected chi connectivity index (χ1v) is 5.62. The molecule has 3 rings (SSSR count). The fourth-order valence-corrected chi connectivity index (χ4v) is 3.18. The van der Waals surface area contributed by atoms with Crippen LogP contribution in [0.5, 0.6) is 0 Å². The summed E-state index contributed by atoms with van der Waals surface area (Å²) < 4.78 is 0. The highest BCUT2D eigenvalue weighted by molar-refractivity contribution is 5.87. The highest BCUT2D eigenvalue weighted by Gasteiger charge is 2.43. The molecule has 0 aromatic carbocycles. The van der Waals surface area contributed by atoms with Crippen molar-refractivity contribution in [1.29, 1.82) is 0 Å². The van der Waals surface area contributed by atoms with Crippen LogP contribution >= 0.6 is 0 Å². The van der Waals surface area contributed by atoms with Crippen molar-refractivity contribution in [3.8, 4) is 0 Å². The Balaban J connectivity index is 2.24. The molecule has 3 fully saturated rings. The van der Waals surface area contributed by atoms with Gasteiger partial charge in [0, 0.05) is 18.3 Å². The third kappa shape index (κ3) is 1.51. The third-order valence-electron chi connectivity index (χ3n) is 4.16. The van der Waals surface area contributed by atoms with Crippen molar-refractivity contribution >= 4 is 11.6 Å². The van der Waals surface area contributed by atoms with E-state index in [0.29, 0.717) is 29.8 Å². The fraction of sp³-hybridized carbons (Fsp3) is 0.833. The molecule has 78 valence electrons. The third-order valence-corrected chi connectivity index (χ3v) is 4.16. The van der Waals surface area contributed by atoms with Crippen molar-refractivity contribution in [1.82, 2.24) is 0 Å². The van der Waals surface area contributed by atoms with Crippen molar-refractivity contribution in [3.63, 3.8) is 0 Å².